The Labute approximate surface area is 119 Å². The standard InChI is InChI=1S/C15H15ClFOP/c1-9(2)12-5-3-11(8-15(12)19)18-10-4-6-14(17)13(16)7-10/h3-9H,19H2,1-2H3. The Kier molecular flexibility index (Phi) is 4.44. The molecule has 2 aromatic rings. The zero-order valence-electron chi connectivity index (χ0n) is 10.8. The van der Waals surface area contributed by atoms with Crippen LogP contribution in [0.4, 0.5) is 4.39 Å². The van der Waals surface area contributed by atoms with Gasteiger partial charge in [0, 0.05) is 6.07 Å². The van der Waals surface area contributed by atoms with E-state index in [2.05, 4.69) is 23.1 Å². The molecule has 1 nitrogen and oxygen atoms in total. The lowest BCUT2D eigenvalue weighted by Crippen LogP contribution is -2.03. The van der Waals surface area contributed by atoms with E-state index in [1.165, 1.54) is 17.7 Å². The molecule has 0 saturated carbocycles. The van der Waals surface area contributed by atoms with Gasteiger partial charge < -0.3 is 4.74 Å². The minimum atomic E-state index is -0.448. The van der Waals surface area contributed by atoms with Gasteiger partial charge in [-0.2, -0.15) is 0 Å². The number of hydrogen-bond acceptors (Lipinski definition) is 1. The van der Waals surface area contributed by atoms with Gasteiger partial charge in [-0.05, 0) is 41.1 Å². The highest BCUT2D eigenvalue weighted by atomic mass is 35.5. The molecule has 0 heterocycles. The average molecular weight is 297 g/mol. The van der Waals surface area contributed by atoms with Gasteiger partial charge in [-0.15, -0.1) is 9.24 Å². The summed E-state index contributed by atoms with van der Waals surface area (Å²) in [6, 6.07) is 10.2. The Morgan fingerprint density at radius 2 is 1.74 bits per heavy atom. The van der Waals surface area contributed by atoms with Crippen molar-refractivity contribution >= 4 is 26.1 Å². The van der Waals surface area contributed by atoms with Gasteiger partial charge in [-0.1, -0.05) is 31.5 Å². The molecule has 0 saturated heterocycles. The van der Waals surface area contributed by atoms with E-state index in [0.717, 1.165) is 5.30 Å². The monoisotopic (exact) mass is 296 g/mol. The first-order chi connectivity index (χ1) is 8.97. The number of ether oxygens (including phenoxy) is 1. The summed E-state index contributed by atoms with van der Waals surface area (Å²) in [6.45, 7) is 4.28. The SMILES string of the molecule is CC(C)c1ccc(Oc2ccc(F)c(Cl)c2)cc1P. The lowest BCUT2D eigenvalue weighted by atomic mass is 10.0. The summed E-state index contributed by atoms with van der Waals surface area (Å²) in [7, 11) is 2.71. The second kappa shape index (κ2) is 5.90. The molecule has 0 fully saturated rings. The molecular weight excluding hydrogens is 282 g/mol. The summed E-state index contributed by atoms with van der Waals surface area (Å²) in [4.78, 5) is 0. The summed E-state index contributed by atoms with van der Waals surface area (Å²) in [5, 5.41) is 1.16. The van der Waals surface area contributed by atoms with Crippen molar-refractivity contribution in [3.05, 3.63) is 52.8 Å². The number of benzene rings is 2. The highest BCUT2D eigenvalue weighted by molar-refractivity contribution is 7.27. The van der Waals surface area contributed by atoms with Crippen LogP contribution in [0.1, 0.15) is 25.3 Å². The predicted octanol–water partition coefficient (Wildman–Crippen LogP) is 4.90. The Morgan fingerprint density at radius 1 is 1.11 bits per heavy atom. The zero-order chi connectivity index (χ0) is 14.0. The normalized spacial score (nSPS) is 10.8. The average Bonchev–Trinajstić information content (AvgIpc) is 2.33. The molecule has 0 radical (unpaired) electrons. The van der Waals surface area contributed by atoms with Crippen LogP contribution in [0.2, 0.25) is 5.02 Å². The molecule has 4 heteroatoms. The molecule has 0 amide bonds. The fraction of sp³-hybridized carbons (Fsp3) is 0.200. The van der Waals surface area contributed by atoms with Gasteiger partial charge in [0.2, 0.25) is 0 Å². The Balaban J connectivity index is 2.24. The van der Waals surface area contributed by atoms with E-state index in [4.69, 9.17) is 16.3 Å². The van der Waals surface area contributed by atoms with Crippen LogP contribution in [0.25, 0.3) is 0 Å². The van der Waals surface area contributed by atoms with Crippen molar-refractivity contribution in [1.29, 1.82) is 0 Å². The highest BCUT2D eigenvalue weighted by Gasteiger charge is 2.07. The van der Waals surface area contributed by atoms with Gasteiger partial charge in [0.1, 0.15) is 17.3 Å². The second-order valence-electron chi connectivity index (χ2n) is 4.62. The van der Waals surface area contributed by atoms with Gasteiger partial charge in [-0.25, -0.2) is 4.39 Å². The van der Waals surface area contributed by atoms with E-state index in [9.17, 15) is 4.39 Å². The molecule has 1 atom stereocenters. The van der Waals surface area contributed by atoms with Gasteiger partial charge in [0.05, 0.1) is 5.02 Å². The van der Waals surface area contributed by atoms with Crippen LogP contribution in [0.15, 0.2) is 36.4 Å². The van der Waals surface area contributed by atoms with E-state index in [0.29, 0.717) is 17.4 Å². The summed E-state index contributed by atoms with van der Waals surface area (Å²) >= 11 is 5.72. The van der Waals surface area contributed by atoms with E-state index in [1.54, 1.807) is 6.07 Å². The van der Waals surface area contributed by atoms with Crippen molar-refractivity contribution in [1.82, 2.24) is 0 Å². The molecule has 1 unspecified atom stereocenters. The maximum Gasteiger partial charge on any atom is 0.142 e. The Hall–Kier alpha value is -1.11. The molecule has 0 bridgehead atoms. The van der Waals surface area contributed by atoms with Crippen LogP contribution in [-0.4, -0.2) is 0 Å². The van der Waals surface area contributed by atoms with Crippen LogP contribution < -0.4 is 10.0 Å². The van der Waals surface area contributed by atoms with Gasteiger partial charge >= 0.3 is 0 Å². The van der Waals surface area contributed by atoms with Crippen molar-refractivity contribution in [3.63, 3.8) is 0 Å². The third-order valence-corrected chi connectivity index (χ3v) is 3.60. The topological polar surface area (TPSA) is 9.23 Å². The lowest BCUT2D eigenvalue weighted by Gasteiger charge is -2.12. The second-order valence-corrected chi connectivity index (χ2v) is 5.65. The molecule has 100 valence electrons. The first-order valence-corrected chi connectivity index (χ1v) is 6.95. The van der Waals surface area contributed by atoms with Gasteiger partial charge in [0.25, 0.3) is 0 Å². The smallest absolute Gasteiger partial charge is 0.142 e. The Bertz CT molecular complexity index is 599. The minimum Gasteiger partial charge on any atom is -0.457 e. The van der Waals surface area contributed by atoms with Crippen molar-refractivity contribution in [3.8, 4) is 11.5 Å². The Morgan fingerprint density at radius 3 is 2.32 bits per heavy atom. The fourth-order valence-corrected chi connectivity index (χ4v) is 2.58. The third-order valence-electron chi connectivity index (χ3n) is 2.81. The van der Waals surface area contributed by atoms with Crippen molar-refractivity contribution < 1.29 is 9.13 Å². The molecule has 2 rings (SSSR count). The summed E-state index contributed by atoms with van der Waals surface area (Å²) < 4.78 is 18.7. The molecule has 0 aliphatic carbocycles. The van der Waals surface area contributed by atoms with Crippen LogP contribution in [0.5, 0.6) is 11.5 Å². The van der Waals surface area contributed by atoms with Crippen molar-refractivity contribution in [2.24, 2.45) is 0 Å². The van der Waals surface area contributed by atoms with Crippen molar-refractivity contribution in [2.45, 2.75) is 19.8 Å². The van der Waals surface area contributed by atoms with E-state index in [-0.39, 0.29) is 5.02 Å². The number of halogens is 2. The fourth-order valence-electron chi connectivity index (χ4n) is 1.82. The van der Waals surface area contributed by atoms with E-state index in [1.807, 2.05) is 18.2 Å². The predicted molar refractivity (Wildman–Crippen MR) is 81.4 cm³/mol. The quantitative estimate of drug-likeness (QED) is 0.732. The van der Waals surface area contributed by atoms with Crippen LogP contribution in [0, 0.1) is 5.82 Å². The van der Waals surface area contributed by atoms with Gasteiger partial charge in [0.15, 0.2) is 0 Å². The van der Waals surface area contributed by atoms with Crippen LogP contribution in [-0.2, 0) is 0 Å². The molecule has 0 N–H and O–H groups in total. The molecule has 0 aliphatic heterocycles. The van der Waals surface area contributed by atoms with Gasteiger partial charge in [-0.3, -0.25) is 0 Å². The van der Waals surface area contributed by atoms with E-state index >= 15 is 0 Å². The van der Waals surface area contributed by atoms with Crippen molar-refractivity contribution in [2.75, 3.05) is 0 Å². The molecule has 0 aliphatic rings. The zero-order valence-corrected chi connectivity index (χ0v) is 12.7. The maximum atomic E-state index is 13.1. The molecule has 0 spiro atoms. The molecule has 2 aromatic carbocycles. The highest BCUT2D eigenvalue weighted by Crippen LogP contribution is 2.27. The lowest BCUT2D eigenvalue weighted by molar-refractivity contribution is 0.481. The molecule has 0 aromatic heterocycles. The minimum absolute atomic E-state index is 0.0578. The van der Waals surface area contributed by atoms with E-state index < -0.39 is 5.82 Å². The largest absolute Gasteiger partial charge is 0.457 e. The summed E-state index contributed by atoms with van der Waals surface area (Å²) in [5.74, 6) is 1.24. The first-order valence-electron chi connectivity index (χ1n) is 5.99. The maximum absolute atomic E-state index is 13.1. The number of rotatable bonds is 3. The first kappa shape index (κ1) is 14.3. The summed E-state index contributed by atoms with van der Waals surface area (Å²) in [5.41, 5.74) is 1.26. The third kappa shape index (κ3) is 3.46. The molecular formula is C15H15ClFOP. The van der Waals surface area contributed by atoms with Crippen LogP contribution >= 0.6 is 20.8 Å². The number of hydrogen-bond donors (Lipinski definition) is 0. The van der Waals surface area contributed by atoms with Crippen LogP contribution in [0.3, 0.4) is 0 Å². The molecule has 19 heavy (non-hydrogen) atoms. The summed E-state index contributed by atoms with van der Waals surface area (Å²) in [6.07, 6.45) is 0.